The lowest BCUT2D eigenvalue weighted by Crippen LogP contribution is -2.49. The topological polar surface area (TPSA) is 71.1 Å². The minimum atomic E-state index is -0.169. The van der Waals surface area contributed by atoms with E-state index in [-0.39, 0.29) is 23.3 Å². The first kappa shape index (κ1) is 19.2. The molecule has 4 rings (SSSR count). The average molecular weight is 387 g/mol. The Balaban J connectivity index is 1.44. The number of urea groups is 1. The van der Waals surface area contributed by atoms with Crippen molar-refractivity contribution < 1.29 is 19.1 Å². The van der Waals surface area contributed by atoms with Crippen LogP contribution in [0.5, 0.6) is 0 Å². The van der Waals surface area contributed by atoms with Crippen molar-refractivity contribution in [1.29, 1.82) is 0 Å². The third-order valence-corrected chi connectivity index (χ3v) is 6.33. The predicted octanol–water partition coefficient (Wildman–Crippen LogP) is 1.48. The van der Waals surface area contributed by atoms with E-state index in [1.54, 1.807) is 0 Å². The molecule has 0 unspecified atom stereocenters. The summed E-state index contributed by atoms with van der Waals surface area (Å²) in [4.78, 5) is 29.9. The van der Waals surface area contributed by atoms with Crippen LogP contribution in [-0.2, 0) is 20.8 Å². The Labute approximate surface area is 166 Å². The molecule has 0 aromatic heterocycles. The second-order valence-corrected chi connectivity index (χ2v) is 7.99. The molecule has 1 aromatic rings. The van der Waals surface area contributed by atoms with Crippen LogP contribution >= 0.6 is 0 Å². The van der Waals surface area contributed by atoms with E-state index < -0.39 is 0 Å². The molecule has 0 bridgehead atoms. The number of nitrogens with one attached hydrogen (secondary N) is 1. The molecule has 3 aliphatic heterocycles. The largest absolute Gasteiger partial charge is 0.381 e. The summed E-state index contributed by atoms with van der Waals surface area (Å²) in [7, 11) is 0. The monoisotopic (exact) mass is 387 g/mol. The van der Waals surface area contributed by atoms with Gasteiger partial charge in [0.1, 0.15) is 0 Å². The predicted molar refractivity (Wildman–Crippen MR) is 104 cm³/mol. The molecular formula is C21H29N3O4. The number of rotatable bonds is 3. The van der Waals surface area contributed by atoms with E-state index in [4.69, 9.17) is 9.47 Å². The molecule has 0 radical (unpaired) electrons. The Bertz CT molecular complexity index is 684. The Morgan fingerprint density at radius 2 is 1.68 bits per heavy atom. The molecule has 28 heavy (non-hydrogen) atoms. The second kappa shape index (κ2) is 8.49. The van der Waals surface area contributed by atoms with Crippen molar-refractivity contribution in [2.45, 2.75) is 19.4 Å². The van der Waals surface area contributed by atoms with Gasteiger partial charge in [-0.2, -0.15) is 0 Å². The lowest BCUT2D eigenvalue weighted by Gasteiger charge is -2.39. The smallest absolute Gasteiger partial charge is 0.317 e. The number of nitrogens with zero attached hydrogens (tertiary/aromatic N) is 2. The van der Waals surface area contributed by atoms with Crippen molar-refractivity contribution in [2.75, 3.05) is 52.6 Å². The number of hydrogen-bond acceptors (Lipinski definition) is 4. The molecule has 3 aliphatic rings. The van der Waals surface area contributed by atoms with Crippen LogP contribution in [0.15, 0.2) is 30.3 Å². The van der Waals surface area contributed by atoms with Crippen molar-refractivity contribution in [2.24, 2.45) is 11.3 Å². The van der Waals surface area contributed by atoms with Crippen LogP contribution in [0.2, 0.25) is 0 Å². The number of amides is 3. The van der Waals surface area contributed by atoms with Gasteiger partial charge in [0, 0.05) is 51.4 Å². The SMILES string of the molecule is O=C(NCc1ccccc1)N1C[C@H](C(=O)N2CCOCC2)C2(CCOCC2)C1. The molecule has 1 aromatic carbocycles. The summed E-state index contributed by atoms with van der Waals surface area (Å²) in [6.07, 6.45) is 1.66. The molecule has 1 N–H and O–H groups in total. The fourth-order valence-electron chi connectivity index (χ4n) is 4.64. The van der Waals surface area contributed by atoms with E-state index in [1.807, 2.05) is 40.1 Å². The number of benzene rings is 1. The van der Waals surface area contributed by atoms with Crippen LogP contribution in [0.25, 0.3) is 0 Å². The van der Waals surface area contributed by atoms with Crippen LogP contribution in [0.3, 0.4) is 0 Å². The van der Waals surface area contributed by atoms with Gasteiger partial charge < -0.3 is 24.6 Å². The molecule has 7 heteroatoms. The van der Waals surface area contributed by atoms with E-state index in [9.17, 15) is 9.59 Å². The first-order valence-electron chi connectivity index (χ1n) is 10.2. The Hall–Kier alpha value is -2.12. The van der Waals surface area contributed by atoms with Gasteiger partial charge in [-0.15, -0.1) is 0 Å². The fraction of sp³-hybridized carbons (Fsp3) is 0.619. The molecule has 3 heterocycles. The number of likely N-dealkylation sites (tertiary alicyclic amines) is 1. The number of hydrogen-bond donors (Lipinski definition) is 1. The van der Waals surface area contributed by atoms with E-state index in [0.29, 0.717) is 59.2 Å². The maximum absolute atomic E-state index is 13.3. The van der Waals surface area contributed by atoms with Crippen LogP contribution in [-0.4, -0.2) is 74.3 Å². The van der Waals surface area contributed by atoms with Gasteiger partial charge in [0.15, 0.2) is 0 Å². The van der Waals surface area contributed by atoms with Crippen molar-refractivity contribution in [3.05, 3.63) is 35.9 Å². The molecule has 152 valence electrons. The number of carbonyl (C=O) groups is 2. The normalized spacial score (nSPS) is 24.4. The lowest BCUT2D eigenvalue weighted by atomic mass is 9.71. The summed E-state index contributed by atoms with van der Waals surface area (Å²) in [5, 5.41) is 3.01. The first-order chi connectivity index (χ1) is 13.7. The summed E-state index contributed by atoms with van der Waals surface area (Å²) >= 11 is 0. The van der Waals surface area contributed by atoms with E-state index in [0.717, 1.165) is 18.4 Å². The Kier molecular flexibility index (Phi) is 5.82. The Morgan fingerprint density at radius 1 is 1.00 bits per heavy atom. The maximum atomic E-state index is 13.3. The molecule has 7 nitrogen and oxygen atoms in total. The minimum absolute atomic E-state index is 0.0907. The van der Waals surface area contributed by atoms with Gasteiger partial charge in [-0.25, -0.2) is 4.79 Å². The van der Waals surface area contributed by atoms with Crippen LogP contribution in [0, 0.1) is 11.3 Å². The zero-order valence-corrected chi connectivity index (χ0v) is 16.3. The molecule has 0 aliphatic carbocycles. The van der Waals surface area contributed by atoms with Gasteiger partial charge in [0.25, 0.3) is 0 Å². The molecule has 3 saturated heterocycles. The van der Waals surface area contributed by atoms with Crippen molar-refractivity contribution in [1.82, 2.24) is 15.1 Å². The molecule has 0 saturated carbocycles. The van der Waals surface area contributed by atoms with E-state index >= 15 is 0 Å². The summed E-state index contributed by atoms with van der Waals surface area (Å²) in [6, 6.07) is 9.79. The van der Waals surface area contributed by atoms with Crippen LogP contribution < -0.4 is 5.32 Å². The highest BCUT2D eigenvalue weighted by Crippen LogP contribution is 2.45. The lowest BCUT2D eigenvalue weighted by molar-refractivity contribution is -0.144. The third kappa shape index (κ3) is 4.00. The van der Waals surface area contributed by atoms with Crippen LogP contribution in [0.4, 0.5) is 4.79 Å². The minimum Gasteiger partial charge on any atom is -0.381 e. The fourth-order valence-corrected chi connectivity index (χ4v) is 4.64. The van der Waals surface area contributed by atoms with Gasteiger partial charge in [0.2, 0.25) is 5.91 Å². The summed E-state index contributed by atoms with van der Waals surface area (Å²) in [5.41, 5.74) is 0.898. The van der Waals surface area contributed by atoms with Crippen LogP contribution in [0.1, 0.15) is 18.4 Å². The van der Waals surface area contributed by atoms with Crippen molar-refractivity contribution >= 4 is 11.9 Å². The maximum Gasteiger partial charge on any atom is 0.317 e. The molecule has 1 spiro atoms. The average Bonchev–Trinajstić information content (AvgIpc) is 3.12. The van der Waals surface area contributed by atoms with Gasteiger partial charge >= 0.3 is 6.03 Å². The van der Waals surface area contributed by atoms with E-state index in [1.165, 1.54) is 0 Å². The van der Waals surface area contributed by atoms with Crippen molar-refractivity contribution in [3.63, 3.8) is 0 Å². The highest BCUT2D eigenvalue weighted by atomic mass is 16.5. The van der Waals surface area contributed by atoms with Gasteiger partial charge in [-0.3, -0.25) is 4.79 Å². The van der Waals surface area contributed by atoms with Gasteiger partial charge in [0.05, 0.1) is 19.1 Å². The number of ether oxygens (including phenoxy) is 2. The molecule has 3 amide bonds. The Morgan fingerprint density at radius 3 is 2.39 bits per heavy atom. The highest BCUT2D eigenvalue weighted by molar-refractivity contribution is 5.83. The molecule has 3 fully saturated rings. The van der Waals surface area contributed by atoms with Crippen molar-refractivity contribution in [3.8, 4) is 0 Å². The van der Waals surface area contributed by atoms with Gasteiger partial charge in [-0.1, -0.05) is 30.3 Å². The summed E-state index contributed by atoms with van der Waals surface area (Å²) in [5.74, 6) is 0.0144. The second-order valence-electron chi connectivity index (χ2n) is 7.99. The zero-order valence-electron chi connectivity index (χ0n) is 16.3. The first-order valence-corrected chi connectivity index (χ1v) is 10.2. The summed E-state index contributed by atoms with van der Waals surface area (Å²) in [6.45, 7) is 5.39. The quantitative estimate of drug-likeness (QED) is 0.853. The molecular weight excluding hydrogens is 358 g/mol. The zero-order chi connectivity index (χ0) is 19.4. The summed E-state index contributed by atoms with van der Waals surface area (Å²) < 4.78 is 11.0. The molecule has 1 atom stereocenters. The van der Waals surface area contributed by atoms with Gasteiger partial charge in [-0.05, 0) is 18.4 Å². The standard InChI is InChI=1S/C21H29N3O4/c25-19(23-8-12-28-13-9-23)18-15-24(16-21(18)6-10-27-11-7-21)20(26)22-14-17-4-2-1-3-5-17/h1-5,18H,6-16H2,(H,22,26)/t18-/m1/s1. The van der Waals surface area contributed by atoms with E-state index in [2.05, 4.69) is 5.32 Å². The third-order valence-electron chi connectivity index (χ3n) is 6.33. The number of carbonyl (C=O) groups excluding carboxylic acids is 2. The number of morpholine rings is 1. The highest BCUT2D eigenvalue weighted by Gasteiger charge is 2.52.